The lowest BCUT2D eigenvalue weighted by Gasteiger charge is -2.14. The number of aliphatic hydroxyl groups excluding tert-OH is 1. The number of esters is 2. The van der Waals surface area contributed by atoms with Crippen LogP contribution in [0.1, 0.15) is 20.3 Å². The number of carbonyl (C=O) groups excluding carboxylic acids is 2. The molecule has 1 aliphatic rings. The Kier molecular flexibility index (Phi) is 4.05. The first kappa shape index (κ1) is 11.9. The maximum Gasteiger partial charge on any atom is 0.304 e. The van der Waals surface area contributed by atoms with E-state index in [9.17, 15) is 9.59 Å². The Bertz CT molecular complexity index is 251. The highest BCUT2D eigenvalue weighted by atomic mass is 16.7. The van der Waals surface area contributed by atoms with Crippen molar-refractivity contribution in [3.05, 3.63) is 0 Å². The van der Waals surface area contributed by atoms with Crippen LogP contribution in [0.5, 0.6) is 0 Å². The molecule has 0 aromatic carbocycles. The van der Waals surface area contributed by atoms with Crippen LogP contribution in [0.25, 0.3) is 0 Å². The molecular weight excluding hydrogens is 204 g/mol. The summed E-state index contributed by atoms with van der Waals surface area (Å²) < 4.78 is 14.9. The van der Waals surface area contributed by atoms with E-state index in [0.29, 0.717) is 0 Å². The minimum absolute atomic E-state index is 0.254. The van der Waals surface area contributed by atoms with Gasteiger partial charge in [-0.15, -0.1) is 0 Å². The first-order valence-electron chi connectivity index (χ1n) is 4.63. The molecule has 0 bridgehead atoms. The van der Waals surface area contributed by atoms with E-state index in [-0.39, 0.29) is 13.0 Å². The quantitative estimate of drug-likeness (QED) is 0.648. The second-order valence-corrected chi connectivity index (χ2v) is 3.28. The van der Waals surface area contributed by atoms with Crippen LogP contribution in [0, 0.1) is 0 Å². The molecule has 1 aliphatic heterocycles. The molecule has 1 heterocycles. The van der Waals surface area contributed by atoms with E-state index >= 15 is 0 Å². The van der Waals surface area contributed by atoms with Crippen LogP contribution in [-0.4, -0.2) is 42.1 Å². The Morgan fingerprint density at radius 3 is 2.40 bits per heavy atom. The average molecular weight is 218 g/mol. The summed E-state index contributed by atoms with van der Waals surface area (Å²) in [6.07, 6.45) is -1.68. The van der Waals surface area contributed by atoms with E-state index < -0.39 is 30.4 Å². The van der Waals surface area contributed by atoms with E-state index in [1.807, 2.05) is 0 Å². The normalized spacial score (nSPS) is 29.9. The minimum atomic E-state index is -0.746. The first-order chi connectivity index (χ1) is 7.02. The molecule has 1 N–H and O–H groups in total. The third-order valence-corrected chi connectivity index (χ3v) is 1.96. The molecule has 0 amide bonds. The topological polar surface area (TPSA) is 82.1 Å². The van der Waals surface area contributed by atoms with Crippen molar-refractivity contribution in [3.8, 4) is 0 Å². The van der Waals surface area contributed by atoms with Gasteiger partial charge in [0.25, 0.3) is 0 Å². The molecule has 0 aromatic heterocycles. The Labute approximate surface area is 87.1 Å². The van der Waals surface area contributed by atoms with Crippen LogP contribution in [0.4, 0.5) is 0 Å². The number of carbonyl (C=O) groups is 2. The molecule has 1 rings (SSSR count). The van der Waals surface area contributed by atoms with Gasteiger partial charge < -0.3 is 19.3 Å². The van der Waals surface area contributed by atoms with Crippen LogP contribution in [0.15, 0.2) is 0 Å². The third kappa shape index (κ3) is 3.49. The smallest absolute Gasteiger partial charge is 0.304 e. The number of aliphatic hydroxyl groups is 1. The van der Waals surface area contributed by atoms with E-state index in [2.05, 4.69) is 0 Å². The lowest BCUT2D eigenvalue weighted by Crippen LogP contribution is -2.29. The standard InChI is InChI=1S/C9H14O6/c1-5(11)13-7-3-9(14-6(2)12)15-8(7)4-10/h7-10H,3-4H2,1-2H3/t7-,8+,9-/m0/s1. The summed E-state index contributed by atoms with van der Waals surface area (Å²) in [6.45, 7) is 2.25. The molecule has 0 unspecified atom stereocenters. The van der Waals surface area contributed by atoms with Crippen molar-refractivity contribution >= 4 is 11.9 Å². The molecule has 86 valence electrons. The molecule has 3 atom stereocenters. The van der Waals surface area contributed by atoms with Crippen molar-refractivity contribution < 1.29 is 28.9 Å². The van der Waals surface area contributed by atoms with Gasteiger partial charge in [-0.05, 0) is 0 Å². The van der Waals surface area contributed by atoms with Crippen LogP contribution in [-0.2, 0) is 23.8 Å². The van der Waals surface area contributed by atoms with E-state index in [0.717, 1.165) is 0 Å². The lowest BCUT2D eigenvalue weighted by molar-refractivity contribution is -0.176. The summed E-state index contributed by atoms with van der Waals surface area (Å²) in [5.41, 5.74) is 0. The van der Waals surface area contributed by atoms with Gasteiger partial charge in [-0.25, -0.2) is 0 Å². The van der Waals surface area contributed by atoms with Gasteiger partial charge in [-0.1, -0.05) is 0 Å². The highest BCUT2D eigenvalue weighted by molar-refractivity contribution is 5.66. The highest BCUT2D eigenvalue weighted by Gasteiger charge is 2.38. The number of rotatable bonds is 3. The zero-order valence-electron chi connectivity index (χ0n) is 8.63. The molecule has 15 heavy (non-hydrogen) atoms. The Morgan fingerprint density at radius 2 is 1.93 bits per heavy atom. The molecule has 6 nitrogen and oxygen atoms in total. The van der Waals surface area contributed by atoms with Crippen LogP contribution in [0.3, 0.4) is 0 Å². The monoisotopic (exact) mass is 218 g/mol. The number of ether oxygens (including phenoxy) is 3. The van der Waals surface area contributed by atoms with Gasteiger partial charge in [0.1, 0.15) is 12.2 Å². The predicted molar refractivity (Wildman–Crippen MR) is 47.7 cm³/mol. The van der Waals surface area contributed by atoms with Crippen LogP contribution >= 0.6 is 0 Å². The maximum absolute atomic E-state index is 10.7. The minimum Gasteiger partial charge on any atom is -0.459 e. The summed E-state index contributed by atoms with van der Waals surface area (Å²) in [4.78, 5) is 21.4. The van der Waals surface area contributed by atoms with Crippen molar-refractivity contribution in [2.24, 2.45) is 0 Å². The first-order valence-corrected chi connectivity index (χ1v) is 4.63. The van der Waals surface area contributed by atoms with Crippen molar-refractivity contribution in [1.82, 2.24) is 0 Å². The summed E-state index contributed by atoms with van der Waals surface area (Å²) in [5.74, 6) is -0.925. The van der Waals surface area contributed by atoms with Crippen LogP contribution < -0.4 is 0 Å². The Balaban J connectivity index is 2.50. The number of hydrogen-bond donors (Lipinski definition) is 1. The van der Waals surface area contributed by atoms with Crippen molar-refractivity contribution in [3.63, 3.8) is 0 Å². The summed E-state index contributed by atoms with van der Waals surface area (Å²) >= 11 is 0. The fraction of sp³-hybridized carbons (Fsp3) is 0.778. The van der Waals surface area contributed by atoms with E-state index in [1.165, 1.54) is 13.8 Å². The van der Waals surface area contributed by atoms with E-state index in [1.54, 1.807) is 0 Å². The van der Waals surface area contributed by atoms with E-state index in [4.69, 9.17) is 19.3 Å². The fourth-order valence-electron chi connectivity index (χ4n) is 1.44. The highest BCUT2D eigenvalue weighted by Crippen LogP contribution is 2.24. The zero-order chi connectivity index (χ0) is 11.4. The molecule has 6 heteroatoms. The Hall–Kier alpha value is -1.14. The van der Waals surface area contributed by atoms with Gasteiger partial charge in [-0.3, -0.25) is 9.59 Å². The van der Waals surface area contributed by atoms with Crippen molar-refractivity contribution in [2.75, 3.05) is 6.61 Å². The summed E-state index contributed by atoms with van der Waals surface area (Å²) in [6, 6.07) is 0. The molecule has 1 fully saturated rings. The van der Waals surface area contributed by atoms with Crippen LogP contribution in [0.2, 0.25) is 0 Å². The van der Waals surface area contributed by atoms with Gasteiger partial charge in [0.15, 0.2) is 0 Å². The second kappa shape index (κ2) is 5.09. The van der Waals surface area contributed by atoms with Crippen molar-refractivity contribution in [2.45, 2.75) is 38.8 Å². The molecular formula is C9H14O6. The maximum atomic E-state index is 10.7. The molecule has 0 saturated carbocycles. The van der Waals surface area contributed by atoms with Gasteiger partial charge in [0.2, 0.25) is 6.29 Å². The molecule has 0 radical (unpaired) electrons. The van der Waals surface area contributed by atoms with Gasteiger partial charge in [0.05, 0.1) is 13.0 Å². The Morgan fingerprint density at radius 1 is 1.33 bits per heavy atom. The molecule has 0 aliphatic carbocycles. The van der Waals surface area contributed by atoms with Crippen molar-refractivity contribution in [1.29, 1.82) is 0 Å². The second-order valence-electron chi connectivity index (χ2n) is 3.28. The zero-order valence-corrected chi connectivity index (χ0v) is 8.63. The summed E-state index contributed by atoms with van der Waals surface area (Å²) in [5, 5.41) is 8.94. The van der Waals surface area contributed by atoms with Gasteiger partial charge in [0, 0.05) is 13.8 Å². The summed E-state index contributed by atoms with van der Waals surface area (Å²) in [7, 11) is 0. The average Bonchev–Trinajstić information content (AvgIpc) is 2.45. The number of hydrogen-bond acceptors (Lipinski definition) is 6. The largest absolute Gasteiger partial charge is 0.459 e. The fourth-order valence-corrected chi connectivity index (χ4v) is 1.44. The van der Waals surface area contributed by atoms with Gasteiger partial charge in [-0.2, -0.15) is 0 Å². The molecule has 0 aromatic rings. The molecule has 1 saturated heterocycles. The third-order valence-electron chi connectivity index (χ3n) is 1.96. The molecule has 0 spiro atoms. The SMILES string of the molecule is CC(=O)O[C@@H]1C[C@H](OC(C)=O)[C@@H](CO)O1. The lowest BCUT2D eigenvalue weighted by atomic mass is 10.2. The van der Waals surface area contributed by atoms with Gasteiger partial charge >= 0.3 is 11.9 Å². The predicted octanol–water partition coefficient (Wildman–Crippen LogP) is -0.411.